The Hall–Kier alpha value is -2.90. The van der Waals surface area contributed by atoms with Gasteiger partial charge in [-0.25, -0.2) is 0 Å². The van der Waals surface area contributed by atoms with Gasteiger partial charge in [0.05, 0.1) is 7.11 Å². The fraction of sp³-hybridized carbons (Fsp3) is 0.333. The van der Waals surface area contributed by atoms with Gasteiger partial charge < -0.3 is 31.1 Å². The molecule has 0 spiro atoms. The van der Waals surface area contributed by atoms with Gasteiger partial charge in [0.15, 0.2) is 11.5 Å². The predicted molar refractivity (Wildman–Crippen MR) is 134 cm³/mol. The summed E-state index contributed by atoms with van der Waals surface area (Å²) in [6.07, 6.45) is 0. The van der Waals surface area contributed by atoms with Crippen LogP contribution in [0.5, 0.6) is 11.5 Å². The molecule has 0 radical (unpaired) electrons. The predicted octanol–water partition coefficient (Wildman–Crippen LogP) is 3.16. The second-order valence-electron chi connectivity index (χ2n) is 7.98. The Kier molecular flexibility index (Phi) is 10.7. The van der Waals surface area contributed by atoms with Gasteiger partial charge in [0.2, 0.25) is 0 Å². The van der Waals surface area contributed by atoms with Crippen molar-refractivity contribution in [3.05, 3.63) is 95.1 Å². The van der Waals surface area contributed by atoms with Gasteiger partial charge in [-0.2, -0.15) is 0 Å². The number of hydrogen-bond acceptors (Lipinski definition) is 6. The molecule has 3 aromatic carbocycles. The van der Waals surface area contributed by atoms with Crippen molar-refractivity contribution in [2.75, 3.05) is 33.3 Å². The maximum atomic E-state index is 10.5. The molecule has 0 saturated carbocycles. The lowest BCUT2D eigenvalue weighted by Crippen LogP contribution is -2.27. The smallest absolute Gasteiger partial charge is 0.162 e. The molecule has 176 valence electrons. The summed E-state index contributed by atoms with van der Waals surface area (Å²) in [7, 11) is 1.59. The number of rotatable bonds is 15. The van der Waals surface area contributed by atoms with Gasteiger partial charge in [-0.1, -0.05) is 60.7 Å². The van der Waals surface area contributed by atoms with E-state index in [1.807, 2.05) is 24.3 Å². The topological polar surface area (TPSA) is 77.6 Å². The van der Waals surface area contributed by atoms with Gasteiger partial charge in [0.25, 0.3) is 0 Å². The highest BCUT2D eigenvalue weighted by Crippen LogP contribution is 2.31. The number of nitrogens with one attached hydrogen (secondary N) is 4. The summed E-state index contributed by atoms with van der Waals surface area (Å²) in [5, 5.41) is 24.2. The van der Waals surface area contributed by atoms with Gasteiger partial charge >= 0.3 is 0 Å². The van der Waals surface area contributed by atoms with E-state index >= 15 is 0 Å². The first-order valence-electron chi connectivity index (χ1n) is 11.6. The van der Waals surface area contributed by atoms with E-state index in [9.17, 15) is 5.11 Å². The van der Waals surface area contributed by atoms with Crippen LogP contribution < -0.4 is 26.0 Å². The zero-order valence-corrected chi connectivity index (χ0v) is 19.4. The lowest BCUT2D eigenvalue weighted by Gasteiger charge is -2.14. The quantitative estimate of drug-likeness (QED) is 0.230. The maximum absolute atomic E-state index is 10.5. The highest BCUT2D eigenvalue weighted by molar-refractivity contribution is 5.48. The van der Waals surface area contributed by atoms with Crippen LogP contribution in [0.4, 0.5) is 0 Å². The number of phenolic OH excluding ortho intramolecular Hbond substituents is 1. The van der Waals surface area contributed by atoms with Crippen LogP contribution in [-0.2, 0) is 26.2 Å². The molecular formula is C27H36N4O2. The van der Waals surface area contributed by atoms with Crippen LogP contribution in [0.25, 0.3) is 0 Å². The molecule has 0 aliphatic heterocycles. The molecule has 0 heterocycles. The molecule has 0 atom stereocenters. The van der Waals surface area contributed by atoms with Crippen molar-refractivity contribution in [1.29, 1.82) is 0 Å². The minimum Gasteiger partial charge on any atom is -0.504 e. The Morgan fingerprint density at radius 1 is 0.606 bits per heavy atom. The van der Waals surface area contributed by atoms with Crippen molar-refractivity contribution in [2.45, 2.75) is 26.2 Å². The third-order valence-electron chi connectivity index (χ3n) is 5.38. The van der Waals surface area contributed by atoms with Crippen molar-refractivity contribution in [1.82, 2.24) is 21.3 Å². The first kappa shape index (κ1) is 24.7. The maximum Gasteiger partial charge on any atom is 0.162 e. The van der Waals surface area contributed by atoms with Gasteiger partial charge in [-0.3, -0.25) is 0 Å². The summed E-state index contributed by atoms with van der Waals surface area (Å²) in [5.74, 6) is 0.714. The lowest BCUT2D eigenvalue weighted by molar-refractivity contribution is 0.369. The zero-order chi connectivity index (χ0) is 23.1. The normalized spacial score (nSPS) is 10.9. The summed E-state index contributed by atoms with van der Waals surface area (Å²) < 4.78 is 5.38. The Balaban J connectivity index is 1.37. The third kappa shape index (κ3) is 8.86. The molecule has 0 saturated heterocycles. The summed E-state index contributed by atoms with van der Waals surface area (Å²) >= 11 is 0. The number of ether oxygens (including phenoxy) is 1. The van der Waals surface area contributed by atoms with Crippen LogP contribution in [0, 0.1) is 0 Å². The number of aromatic hydroxyl groups is 1. The van der Waals surface area contributed by atoms with E-state index in [1.165, 1.54) is 11.1 Å². The average Bonchev–Trinajstić information content (AvgIpc) is 2.86. The van der Waals surface area contributed by atoms with Crippen molar-refractivity contribution < 1.29 is 9.84 Å². The average molecular weight is 449 g/mol. The third-order valence-corrected chi connectivity index (χ3v) is 5.38. The Morgan fingerprint density at radius 3 is 1.55 bits per heavy atom. The van der Waals surface area contributed by atoms with E-state index in [2.05, 4.69) is 69.8 Å². The van der Waals surface area contributed by atoms with E-state index in [4.69, 9.17) is 4.74 Å². The highest BCUT2D eigenvalue weighted by Gasteiger charge is 2.10. The molecule has 0 aromatic heterocycles. The van der Waals surface area contributed by atoms with Crippen LogP contribution in [0.2, 0.25) is 0 Å². The fourth-order valence-electron chi connectivity index (χ4n) is 3.59. The van der Waals surface area contributed by atoms with E-state index < -0.39 is 0 Å². The van der Waals surface area contributed by atoms with E-state index in [1.54, 1.807) is 7.11 Å². The Bertz CT molecular complexity index is 936. The molecule has 0 fully saturated rings. The molecule has 0 unspecified atom stereocenters. The number of methoxy groups -OCH3 is 1. The summed E-state index contributed by atoms with van der Waals surface area (Å²) in [6.45, 7) is 6.42. The van der Waals surface area contributed by atoms with Gasteiger partial charge in [-0.05, 0) is 28.8 Å². The standard InChI is InChI=1S/C27H36N4O2/c1-33-26-17-24(20-30-13-12-28-18-22-8-4-2-5-9-22)16-25(27(26)32)21-31-15-14-29-19-23-10-6-3-7-11-23/h2-11,16-17,28-32H,12-15,18-21H2,1H3. The monoisotopic (exact) mass is 448 g/mol. The number of benzene rings is 3. The summed E-state index contributed by atoms with van der Waals surface area (Å²) in [5.41, 5.74) is 4.49. The van der Waals surface area contributed by atoms with Crippen LogP contribution >= 0.6 is 0 Å². The second kappa shape index (κ2) is 14.3. The second-order valence-corrected chi connectivity index (χ2v) is 7.98. The van der Waals surface area contributed by atoms with Crippen molar-refractivity contribution >= 4 is 0 Å². The minimum absolute atomic E-state index is 0.204. The summed E-state index contributed by atoms with van der Waals surface area (Å²) in [6, 6.07) is 24.7. The molecular weight excluding hydrogens is 412 g/mol. The van der Waals surface area contributed by atoms with Crippen LogP contribution in [0.15, 0.2) is 72.8 Å². The molecule has 0 amide bonds. The van der Waals surface area contributed by atoms with Gasteiger partial charge in [0, 0.05) is 57.9 Å². The molecule has 0 aliphatic rings. The first-order chi connectivity index (χ1) is 16.3. The lowest BCUT2D eigenvalue weighted by atomic mass is 10.1. The van der Waals surface area contributed by atoms with Crippen molar-refractivity contribution in [2.24, 2.45) is 0 Å². The van der Waals surface area contributed by atoms with E-state index in [0.29, 0.717) is 12.3 Å². The van der Waals surface area contributed by atoms with Gasteiger partial charge in [-0.15, -0.1) is 0 Å². The minimum atomic E-state index is 0.204. The highest BCUT2D eigenvalue weighted by atomic mass is 16.5. The Labute approximate surface area is 197 Å². The zero-order valence-electron chi connectivity index (χ0n) is 19.4. The van der Waals surface area contributed by atoms with Crippen molar-refractivity contribution in [3.8, 4) is 11.5 Å². The number of phenols is 1. The molecule has 5 N–H and O–H groups in total. The molecule has 6 heteroatoms. The SMILES string of the molecule is COc1cc(CNCCNCc2ccccc2)cc(CNCCNCc2ccccc2)c1O. The summed E-state index contributed by atoms with van der Waals surface area (Å²) in [4.78, 5) is 0. The van der Waals surface area contributed by atoms with Crippen LogP contribution in [0.1, 0.15) is 22.3 Å². The molecule has 0 bridgehead atoms. The van der Waals surface area contributed by atoms with E-state index in [0.717, 1.165) is 56.9 Å². The van der Waals surface area contributed by atoms with Crippen LogP contribution in [0.3, 0.4) is 0 Å². The molecule has 3 rings (SSSR count). The number of hydrogen-bond donors (Lipinski definition) is 5. The van der Waals surface area contributed by atoms with Crippen molar-refractivity contribution in [3.63, 3.8) is 0 Å². The molecule has 0 aliphatic carbocycles. The largest absolute Gasteiger partial charge is 0.504 e. The first-order valence-corrected chi connectivity index (χ1v) is 11.6. The molecule has 3 aromatic rings. The molecule has 6 nitrogen and oxygen atoms in total. The Morgan fingerprint density at radius 2 is 1.06 bits per heavy atom. The van der Waals surface area contributed by atoms with Gasteiger partial charge in [0.1, 0.15) is 0 Å². The molecule has 33 heavy (non-hydrogen) atoms. The fourth-order valence-corrected chi connectivity index (χ4v) is 3.59. The van der Waals surface area contributed by atoms with E-state index in [-0.39, 0.29) is 5.75 Å². The van der Waals surface area contributed by atoms with Crippen LogP contribution in [-0.4, -0.2) is 38.4 Å².